The second kappa shape index (κ2) is 4.35. The van der Waals surface area contributed by atoms with Gasteiger partial charge >= 0.3 is 0 Å². The Morgan fingerprint density at radius 3 is 2.71 bits per heavy atom. The third kappa shape index (κ3) is 2.25. The summed E-state index contributed by atoms with van der Waals surface area (Å²) in [6.07, 6.45) is 1.00. The van der Waals surface area contributed by atoms with Gasteiger partial charge in [-0.05, 0) is 37.5 Å². The zero-order valence-corrected chi connectivity index (χ0v) is 10.1. The molecule has 0 radical (unpaired) electrons. The molecule has 1 aliphatic heterocycles. The molecule has 2 rings (SSSR count). The Morgan fingerprint density at radius 2 is 2.18 bits per heavy atom. The Hall–Kier alpha value is -1.58. The van der Waals surface area contributed by atoms with Crippen LogP contribution in [-0.4, -0.2) is 23.4 Å². The molecule has 0 aromatic heterocycles. The highest BCUT2D eigenvalue weighted by Crippen LogP contribution is 2.25. The molecule has 2 unspecified atom stereocenters. The lowest BCUT2D eigenvalue weighted by Gasteiger charge is -2.21. The molecule has 1 aromatic carbocycles. The molecule has 2 N–H and O–H groups in total. The molecule has 1 saturated heterocycles. The van der Waals surface area contributed by atoms with Gasteiger partial charge in [0.25, 0.3) is 5.91 Å². The molecule has 1 aromatic rings. The van der Waals surface area contributed by atoms with Crippen molar-refractivity contribution in [3.63, 3.8) is 0 Å². The van der Waals surface area contributed by atoms with Crippen molar-refractivity contribution in [1.82, 2.24) is 4.90 Å². The number of anilines is 1. The highest BCUT2D eigenvalue weighted by molar-refractivity contribution is 5.95. The van der Waals surface area contributed by atoms with Crippen LogP contribution in [-0.2, 0) is 0 Å². The van der Waals surface area contributed by atoms with E-state index in [1.807, 2.05) is 6.92 Å². The van der Waals surface area contributed by atoms with E-state index in [-0.39, 0.29) is 17.6 Å². The molecule has 0 saturated carbocycles. The van der Waals surface area contributed by atoms with Gasteiger partial charge in [-0.15, -0.1) is 0 Å². The molecule has 4 heteroatoms. The van der Waals surface area contributed by atoms with E-state index in [1.54, 1.807) is 11.0 Å². The van der Waals surface area contributed by atoms with E-state index < -0.39 is 5.82 Å². The normalized spacial score (nSPS) is 24.1. The maximum atomic E-state index is 13.3. The molecule has 17 heavy (non-hydrogen) atoms. The molecule has 1 amide bonds. The second-order valence-electron chi connectivity index (χ2n) is 4.88. The summed E-state index contributed by atoms with van der Waals surface area (Å²) >= 11 is 0. The van der Waals surface area contributed by atoms with Crippen LogP contribution < -0.4 is 5.73 Å². The van der Waals surface area contributed by atoms with Crippen LogP contribution >= 0.6 is 0 Å². The van der Waals surface area contributed by atoms with E-state index in [0.717, 1.165) is 13.0 Å². The summed E-state index contributed by atoms with van der Waals surface area (Å²) in [5.74, 6) is -0.135. The average molecular weight is 236 g/mol. The molecule has 1 aliphatic rings. The quantitative estimate of drug-likeness (QED) is 0.760. The number of nitrogen functional groups attached to an aromatic ring is 1. The van der Waals surface area contributed by atoms with Crippen LogP contribution in [0.3, 0.4) is 0 Å². The van der Waals surface area contributed by atoms with Gasteiger partial charge in [0.2, 0.25) is 0 Å². The average Bonchev–Trinajstić information content (AvgIpc) is 2.61. The molecule has 2 atom stereocenters. The lowest BCUT2D eigenvalue weighted by atomic mass is 10.1. The molecule has 1 heterocycles. The summed E-state index contributed by atoms with van der Waals surface area (Å²) in [5.41, 5.74) is 5.84. The molecular formula is C13H17FN2O. The Balaban J connectivity index is 2.22. The number of carbonyl (C=O) groups excluding carboxylic acids is 1. The first kappa shape index (κ1) is 11.9. The number of hydrogen-bond acceptors (Lipinski definition) is 2. The summed E-state index contributed by atoms with van der Waals surface area (Å²) < 4.78 is 13.3. The monoisotopic (exact) mass is 236 g/mol. The minimum atomic E-state index is -0.532. The molecular weight excluding hydrogens is 219 g/mol. The van der Waals surface area contributed by atoms with Gasteiger partial charge in [0.1, 0.15) is 5.82 Å². The summed E-state index contributed by atoms with van der Waals surface area (Å²) in [4.78, 5) is 14.0. The Bertz CT molecular complexity index is 447. The fraction of sp³-hybridized carbons (Fsp3) is 0.462. The van der Waals surface area contributed by atoms with Crippen molar-refractivity contribution in [3.05, 3.63) is 29.6 Å². The number of rotatable bonds is 1. The maximum absolute atomic E-state index is 13.3. The Labute approximate surface area is 100 Å². The number of amides is 1. The van der Waals surface area contributed by atoms with Gasteiger partial charge in [-0.1, -0.05) is 6.92 Å². The van der Waals surface area contributed by atoms with Gasteiger partial charge in [-0.3, -0.25) is 4.79 Å². The van der Waals surface area contributed by atoms with Crippen LogP contribution in [0.2, 0.25) is 0 Å². The van der Waals surface area contributed by atoms with Gasteiger partial charge in [0.05, 0.1) is 5.69 Å². The number of carbonyl (C=O) groups is 1. The van der Waals surface area contributed by atoms with E-state index in [1.165, 1.54) is 12.1 Å². The number of benzene rings is 1. The van der Waals surface area contributed by atoms with Gasteiger partial charge < -0.3 is 10.6 Å². The lowest BCUT2D eigenvalue weighted by molar-refractivity contribution is 0.0743. The molecule has 1 fully saturated rings. The van der Waals surface area contributed by atoms with Crippen LogP contribution in [0, 0.1) is 11.7 Å². The highest BCUT2D eigenvalue weighted by Gasteiger charge is 2.30. The van der Waals surface area contributed by atoms with E-state index in [0.29, 0.717) is 11.5 Å². The van der Waals surface area contributed by atoms with Crippen molar-refractivity contribution in [2.24, 2.45) is 5.92 Å². The van der Waals surface area contributed by atoms with E-state index in [2.05, 4.69) is 6.92 Å². The van der Waals surface area contributed by atoms with Crippen molar-refractivity contribution in [2.75, 3.05) is 12.3 Å². The standard InChI is InChI=1S/C13H17FN2O/c1-8-5-9(2)16(7-8)13(17)10-3-4-12(15)11(14)6-10/h3-4,6,8-9H,5,7,15H2,1-2H3. The summed E-state index contributed by atoms with van der Waals surface area (Å²) in [5, 5.41) is 0. The van der Waals surface area contributed by atoms with Crippen LogP contribution in [0.25, 0.3) is 0 Å². The smallest absolute Gasteiger partial charge is 0.254 e. The minimum absolute atomic E-state index is 0.0735. The topological polar surface area (TPSA) is 46.3 Å². The van der Waals surface area contributed by atoms with Crippen molar-refractivity contribution in [2.45, 2.75) is 26.3 Å². The first-order valence-electron chi connectivity index (χ1n) is 5.85. The molecule has 0 spiro atoms. The van der Waals surface area contributed by atoms with Crippen LogP contribution in [0.15, 0.2) is 18.2 Å². The number of nitrogens with two attached hydrogens (primary N) is 1. The Morgan fingerprint density at radius 1 is 1.47 bits per heavy atom. The van der Waals surface area contributed by atoms with Gasteiger partial charge in [-0.2, -0.15) is 0 Å². The van der Waals surface area contributed by atoms with Crippen LogP contribution in [0.1, 0.15) is 30.6 Å². The first-order valence-corrected chi connectivity index (χ1v) is 5.85. The SMILES string of the molecule is CC1CC(C)N(C(=O)c2ccc(N)c(F)c2)C1. The summed E-state index contributed by atoms with van der Waals surface area (Å²) in [6.45, 7) is 4.88. The van der Waals surface area contributed by atoms with Gasteiger partial charge in [-0.25, -0.2) is 4.39 Å². The van der Waals surface area contributed by atoms with Crippen molar-refractivity contribution >= 4 is 11.6 Å². The van der Waals surface area contributed by atoms with Crippen LogP contribution in [0.4, 0.5) is 10.1 Å². The number of halogens is 1. The van der Waals surface area contributed by atoms with Gasteiger partial charge in [0.15, 0.2) is 0 Å². The third-order valence-corrected chi connectivity index (χ3v) is 3.29. The number of nitrogens with zero attached hydrogens (tertiary/aromatic N) is 1. The fourth-order valence-corrected chi connectivity index (χ4v) is 2.41. The largest absolute Gasteiger partial charge is 0.396 e. The zero-order valence-electron chi connectivity index (χ0n) is 10.1. The predicted molar refractivity (Wildman–Crippen MR) is 65.1 cm³/mol. The number of hydrogen-bond donors (Lipinski definition) is 1. The van der Waals surface area contributed by atoms with E-state index >= 15 is 0 Å². The predicted octanol–water partition coefficient (Wildman–Crippen LogP) is 2.28. The Kier molecular flexibility index (Phi) is 3.05. The van der Waals surface area contributed by atoms with E-state index in [4.69, 9.17) is 5.73 Å². The van der Waals surface area contributed by atoms with Crippen molar-refractivity contribution in [1.29, 1.82) is 0 Å². The van der Waals surface area contributed by atoms with E-state index in [9.17, 15) is 9.18 Å². The second-order valence-corrected chi connectivity index (χ2v) is 4.88. The van der Waals surface area contributed by atoms with Gasteiger partial charge in [0, 0.05) is 18.2 Å². The maximum Gasteiger partial charge on any atom is 0.254 e. The molecule has 3 nitrogen and oxygen atoms in total. The zero-order chi connectivity index (χ0) is 12.6. The fourth-order valence-electron chi connectivity index (χ4n) is 2.41. The van der Waals surface area contributed by atoms with Crippen LogP contribution in [0.5, 0.6) is 0 Å². The molecule has 0 bridgehead atoms. The number of likely N-dealkylation sites (tertiary alicyclic amines) is 1. The first-order chi connectivity index (χ1) is 7.99. The lowest BCUT2D eigenvalue weighted by Crippen LogP contribution is -2.34. The minimum Gasteiger partial charge on any atom is -0.396 e. The van der Waals surface area contributed by atoms with Crippen molar-refractivity contribution in [3.8, 4) is 0 Å². The summed E-state index contributed by atoms with van der Waals surface area (Å²) in [7, 11) is 0. The third-order valence-electron chi connectivity index (χ3n) is 3.29. The molecule has 92 valence electrons. The highest BCUT2D eigenvalue weighted by atomic mass is 19.1. The molecule has 0 aliphatic carbocycles. The summed E-state index contributed by atoms with van der Waals surface area (Å²) in [6, 6.07) is 4.45. The van der Waals surface area contributed by atoms with Crippen molar-refractivity contribution < 1.29 is 9.18 Å².